The summed E-state index contributed by atoms with van der Waals surface area (Å²) in [6.45, 7) is 9.58. The summed E-state index contributed by atoms with van der Waals surface area (Å²) in [7, 11) is 0. The van der Waals surface area contributed by atoms with Crippen LogP contribution in [0.15, 0.2) is 0 Å². The number of hydrogen-bond acceptors (Lipinski definition) is 3. The highest BCUT2D eigenvalue weighted by molar-refractivity contribution is 5.83. The van der Waals surface area contributed by atoms with Crippen molar-refractivity contribution in [2.24, 2.45) is 11.8 Å². The fraction of sp³-hybridized carbons (Fsp3) is 0.857. The van der Waals surface area contributed by atoms with Crippen molar-refractivity contribution in [1.82, 2.24) is 15.1 Å². The Morgan fingerprint density at radius 3 is 2.16 bits per heavy atom. The molecule has 2 atom stereocenters. The lowest BCUT2D eigenvalue weighted by atomic mass is 10.0. The SMILES string of the molecule is CC(C)C(=O)N1CCN(C(=O)C2NCCC2C)CC1. The molecule has 0 spiro atoms. The minimum atomic E-state index is -0.0210. The first-order valence-electron chi connectivity index (χ1n) is 7.31. The Bertz CT molecular complexity index is 349. The van der Waals surface area contributed by atoms with Crippen LogP contribution in [0.3, 0.4) is 0 Å². The first kappa shape index (κ1) is 14.3. The van der Waals surface area contributed by atoms with Crippen LogP contribution < -0.4 is 5.32 Å². The fourth-order valence-corrected chi connectivity index (χ4v) is 2.87. The molecular weight excluding hydrogens is 242 g/mol. The summed E-state index contributed by atoms with van der Waals surface area (Å²) >= 11 is 0. The predicted octanol–water partition coefficient (Wildman–Crippen LogP) is 0.311. The molecule has 5 nitrogen and oxygen atoms in total. The summed E-state index contributed by atoms with van der Waals surface area (Å²) in [6, 6.07) is -0.0210. The molecule has 2 fully saturated rings. The molecule has 19 heavy (non-hydrogen) atoms. The van der Waals surface area contributed by atoms with Crippen LogP contribution in [-0.4, -0.2) is 60.4 Å². The molecule has 5 heteroatoms. The van der Waals surface area contributed by atoms with Crippen LogP contribution in [0, 0.1) is 11.8 Å². The average Bonchev–Trinajstić information content (AvgIpc) is 2.83. The lowest BCUT2D eigenvalue weighted by Gasteiger charge is -2.37. The van der Waals surface area contributed by atoms with E-state index in [4.69, 9.17) is 0 Å². The number of nitrogens with zero attached hydrogens (tertiary/aromatic N) is 2. The highest BCUT2D eigenvalue weighted by atomic mass is 16.2. The maximum atomic E-state index is 12.4. The number of carbonyl (C=O) groups excluding carboxylic acids is 2. The number of carbonyl (C=O) groups is 2. The summed E-state index contributed by atoms with van der Waals surface area (Å²) in [6.07, 6.45) is 1.07. The van der Waals surface area contributed by atoms with Gasteiger partial charge in [-0.1, -0.05) is 20.8 Å². The Balaban J connectivity index is 1.86. The zero-order valence-electron chi connectivity index (χ0n) is 12.2. The number of rotatable bonds is 2. The van der Waals surface area contributed by atoms with Crippen LogP contribution in [0.5, 0.6) is 0 Å². The van der Waals surface area contributed by atoms with Crippen molar-refractivity contribution < 1.29 is 9.59 Å². The van der Waals surface area contributed by atoms with Gasteiger partial charge in [0.1, 0.15) is 0 Å². The molecule has 2 amide bonds. The highest BCUT2D eigenvalue weighted by Gasteiger charge is 2.34. The molecule has 0 aromatic carbocycles. The monoisotopic (exact) mass is 267 g/mol. The van der Waals surface area contributed by atoms with Gasteiger partial charge in [-0.15, -0.1) is 0 Å². The van der Waals surface area contributed by atoms with Gasteiger partial charge in [-0.05, 0) is 18.9 Å². The number of amides is 2. The van der Waals surface area contributed by atoms with Crippen molar-refractivity contribution in [3.63, 3.8) is 0 Å². The van der Waals surface area contributed by atoms with E-state index in [0.717, 1.165) is 13.0 Å². The van der Waals surface area contributed by atoms with Gasteiger partial charge in [-0.2, -0.15) is 0 Å². The summed E-state index contributed by atoms with van der Waals surface area (Å²) in [4.78, 5) is 28.1. The Hall–Kier alpha value is -1.10. The molecule has 0 saturated carbocycles. The van der Waals surface area contributed by atoms with Crippen molar-refractivity contribution in [2.75, 3.05) is 32.7 Å². The first-order valence-corrected chi connectivity index (χ1v) is 7.31. The molecule has 1 N–H and O–H groups in total. The van der Waals surface area contributed by atoms with Crippen LogP contribution >= 0.6 is 0 Å². The Kier molecular flexibility index (Phi) is 4.45. The van der Waals surface area contributed by atoms with E-state index in [2.05, 4.69) is 12.2 Å². The van der Waals surface area contributed by atoms with Gasteiger partial charge in [0.25, 0.3) is 0 Å². The molecule has 2 rings (SSSR count). The van der Waals surface area contributed by atoms with Crippen LogP contribution in [0.1, 0.15) is 27.2 Å². The molecule has 0 aromatic heterocycles. The topological polar surface area (TPSA) is 52.7 Å². The van der Waals surface area contributed by atoms with Crippen LogP contribution in [0.2, 0.25) is 0 Å². The predicted molar refractivity (Wildman–Crippen MR) is 73.6 cm³/mol. The molecule has 0 radical (unpaired) electrons. The van der Waals surface area contributed by atoms with Gasteiger partial charge in [-0.3, -0.25) is 9.59 Å². The molecule has 2 heterocycles. The van der Waals surface area contributed by atoms with Crippen molar-refractivity contribution in [3.05, 3.63) is 0 Å². The van der Waals surface area contributed by atoms with Gasteiger partial charge in [-0.25, -0.2) is 0 Å². The van der Waals surface area contributed by atoms with Gasteiger partial charge >= 0.3 is 0 Å². The van der Waals surface area contributed by atoms with Crippen LogP contribution in [0.25, 0.3) is 0 Å². The van der Waals surface area contributed by atoms with E-state index in [9.17, 15) is 9.59 Å². The third-order valence-electron chi connectivity index (χ3n) is 4.20. The lowest BCUT2D eigenvalue weighted by Crippen LogP contribution is -2.55. The number of piperazine rings is 1. The minimum Gasteiger partial charge on any atom is -0.339 e. The summed E-state index contributed by atoms with van der Waals surface area (Å²) in [5, 5.41) is 3.28. The van der Waals surface area contributed by atoms with E-state index in [1.54, 1.807) is 0 Å². The van der Waals surface area contributed by atoms with E-state index >= 15 is 0 Å². The Morgan fingerprint density at radius 2 is 1.68 bits per heavy atom. The maximum Gasteiger partial charge on any atom is 0.240 e. The van der Waals surface area contributed by atoms with Crippen molar-refractivity contribution in [1.29, 1.82) is 0 Å². The smallest absolute Gasteiger partial charge is 0.240 e. The Labute approximate surface area is 115 Å². The minimum absolute atomic E-state index is 0.0210. The largest absolute Gasteiger partial charge is 0.339 e. The maximum absolute atomic E-state index is 12.4. The van der Waals surface area contributed by atoms with Crippen molar-refractivity contribution in [3.8, 4) is 0 Å². The normalized spacial score (nSPS) is 28.0. The summed E-state index contributed by atoms with van der Waals surface area (Å²) in [5.41, 5.74) is 0. The molecule has 0 aliphatic carbocycles. The molecule has 2 aliphatic heterocycles. The molecule has 108 valence electrons. The second kappa shape index (κ2) is 5.90. The van der Waals surface area contributed by atoms with E-state index < -0.39 is 0 Å². The zero-order valence-corrected chi connectivity index (χ0v) is 12.2. The van der Waals surface area contributed by atoms with Gasteiger partial charge in [0.15, 0.2) is 0 Å². The third-order valence-corrected chi connectivity index (χ3v) is 4.20. The highest BCUT2D eigenvalue weighted by Crippen LogP contribution is 2.17. The van der Waals surface area contributed by atoms with Crippen LogP contribution in [-0.2, 0) is 9.59 Å². The molecule has 0 bridgehead atoms. The Morgan fingerprint density at radius 1 is 1.11 bits per heavy atom. The number of hydrogen-bond donors (Lipinski definition) is 1. The van der Waals surface area contributed by atoms with Gasteiger partial charge in [0.2, 0.25) is 11.8 Å². The molecule has 2 saturated heterocycles. The van der Waals surface area contributed by atoms with Gasteiger partial charge in [0.05, 0.1) is 6.04 Å². The van der Waals surface area contributed by atoms with E-state index in [1.165, 1.54) is 0 Å². The summed E-state index contributed by atoms with van der Waals surface area (Å²) in [5.74, 6) is 0.864. The van der Waals surface area contributed by atoms with Gasteiger partial charge < -0.3 is 15.1 Å². The average molecular weight is 267 g/mol. The third kappa shape index (κ3) is 3.08. The molecule has 2 unspecified atom stereocenters. The van der Waals surface area contributed by atoms with E-state index in [-0.39, 0.29) is 23.8 Å². The molecular formula is C14H25N3O2. The quantitative estimate of drug-likeness (QED) is 0.783. The zero-order chi connectivity index (χ0) is 14.0. The first-order chi connectivity index (χ1) is 9.00. The second-order valence-electron chi connectivity index (χ2n) is 6.00. The van der Waals surface area contributed by atoms with E-state index in [0.29, 0.717) is 32.1 Å². The lowest BCUT2D eigenvalue weighted by molar-refractivity contribution is -0.142. The van der Waals surface area contributed by atoms with Crippen molar-refractivity contribution >= 4 is 11.8 Å². The number of nitrogens with one attached hydrogen (secondary N) is 1. The standard InChI is InChI=1S/C14H25N3O2/c1-10(2)13(18)16-6-8-17(9-7-16)14(19)12-11(3)4-5-15-12/h10-12,15H,4-9H2,1-3H3. The fourth-order valence-electron chi connectivity index (χ4n) is 2.87. The summed E-state index contributed by atoms with van der Waals surface area (Å²) < 4.78 is 0. The van der Waals surface area contributed by atoms with E-state index in [1.807, 2.05) is 23.6 Å². The van der Waals surface area contributed by atoms with Gasteiger partial charge in [0, 0.05) is 32.1 Å². The second-order valence-corrected chi connectivity index (χ2v) is 6.00. The molecule has 0 aromatic rings. The van der Waals surface area contributed by atoms with Crippen LogP contribution in [0.4, 0.5) is 0 Å². The van der Waals surface area contributed by atoms with Crippen molar-refractivity contribution in [2.45, 2.75) is 33.2 Å². The molecule has 2 aliphatic rings.